The van der Waals surface area contributed by atoms with Crippen LogP contribution >= 0.6 is 15.9 Å². The van der Waals surface area contributed by atoms with Gasteiger partial charge in [-0.2, -0.15) is 0 Å². The molecule has 41 heavy (non-hydrogen) atoms. The van der Waals surface area contributed by atoms with E-state index in [1.165, 1.54) is 36.4 Å². The number of aromatic hydroxyl groups is 1. The van der Waals surface area contributed by atoms with Gasteiger partial charge < -0.3 is 32.0 Å². The molecule has 2 aromatic carbocycles. The Kier molecular flexibility index (Phi) is 31.7. The minimum absolute atomic E-state index is 0. The normalized spacial score (nSPS) is 9.27. The van der Waals surface area contributed by atoms with Gasteiger partial charge in [-0.15, -0.1) is 12.8 Å². The van der Waals surface area contributed by atoms with Crippen LogP contribution < -0.4 is 123 Å². The van der Waals surface area contributed by atoms with Crippen LogP contribution in [0.5, 0.6) is 11.5 Å². The number of anilines is 2. The summed E-state index contributed by atoms with van der Waals surface area (Å²) in [7, 11) is -6.64. The minimum atomic E-state index is -3.35. The molecule has 0 heterocycles. The van der Waals surface area contributed by atoms with E-state index in [1.54, 1.807) is 0 Å². The maximum absolute atomic E-state index is 12.2. The summed E-state index contributed by atoms with van der Waals surface area (Å²) in [4.78, 5) is 11.4. The van der Waals surface area contributed by atoms with Crippen LogP contribution in [0.25, 0.3) is 0 Å². The fraction of sp³-hybridized carbons (Fsp3) is 0.261. The first kappa shape index (κ1) is 47.6. The van der Waals surface area contributed by atoms with Gasteiger partial charge in [0.15, 0.2) is 19.7 Å². The standard InChI is InChI=1S/C11H12FNO3S.C10H11NO3S.CH2BrF.CH2O3.2K.H/c1-3-6-13-10-5-4-9(17(2,14)15)7-11(10)16-8-12;1-3-6-11-9-5-4-8(7-10(9)12)15(2,13)14;2-1-3;2-1-4-3;;;/h1,4-5,7,13H,6,8H2,2H3;1,4-5,7,11-12H,6H2,2H3;1H2;1,3H;;;/q;;;;2*+1;-1/p-1. The maximum atomic E-state index is 12.2. The second-order valence-corrected chi connectivity index (χ2v) is 11.0. The van der Waals surface area contributed by atoms with Crippen molar-refractivity contribution in [2.45, 2.75) is 9.79 Å². The molecule has 0 aliphatic carbocycles. The number of hydrogen-bond acceptors (Lipinski definition) is 11. The van der Waals surface area contributed by atoms with Crippen molar-refractivity contribution in [3.63, 3.8) is 0 Å². The Morgan fingerprint density at radius 1 is 0.976 bits per heavy atom. The summed E-state index contributed by atoms with van der Waals surface area (Å²) in [6, 6.07) is 8.22. The largest absolute Gasteiger partial charge is 1.00 e. The molecule has 0 fully saturated rings. The van der Waals surface area contributed by atoms with Crippen molar-refractivity contribution in [3.05, 3.63) is 36.4 Å². The second kappa shape index (κ2) is 27.3. The third-order valence-corrected chi connectivity index (χ3v) is 6.01. The van der Waals surface area contributed by atoms with Crippen LogP contribution in [-0.2, 0) is 29.4 Å². The molecule has 0 radical (unpaired) electrons. The van der Waals surface area contributed by atoms with Crippen molar-refractivity contribution in [1.29, 1.82) is 0 Å². The number of terminal acetylenes is 2. The van der Waals surface area contributed by atoms with Crippen molar-refractivity contribution < 1.29 is 155 Å². The van der Waals surface area contributed by atoms with E-state index >= 15 is 0 Å². The Hall–Kier alpha value is -0.297. The van der Waals surface area contributed by atoms with E-state index < -0.39 is 32.1 Å². The number of carbonyl (C=O) groups is 1. The van der Waals surface area contributed by atoms with Crippen LogP contribution in [-0.4, -0.2) is 66.5 Å². The molecule has 0 unspecified atom stereocenters. The summed E-state index contributed by atoms with van der Waals surface area (Å²) in [6.45, 7) is -0.718. The molecule has 0 aliphatic rings. The molecule has 0 saturated heterocycles. The van der Waals surface area contributed by atoms with Gasteiger partial charge in [0.1, 0.15) is 17.1 Å². The van der Waals surface area contributed by atoms with Crippen molar-refractivity contribution in [3.8, 4) is 36.2 Å². The predicted molar refractivity (Wildman–Crippen MR) is 145 cm³/mol. The number of benzene rings is 2. The van der Waals surface area contributed by atoms with Gasteiger partial charge in [0.05, 0.1) is 34.3 Å². The zero-order valence-electron chi connectivity index (χ0n) is 23.7. The molecule has 0 bridgehead atoms. The summed E-state index contributed by atoms with van der Waals surface area (Å²) in [5, 5.41) is 23.5. The third-order valence-electron chi connectivity index (χ3n) is 3.79. The number of ether oxygens (including phenoxy) is 1. The maximum Gasteiger partial charge on any atom is 1.00 e. The van der Waals surface area contributed by atoms with Crippen molar-refractivity contribution in [1.82, 2.24) is 0 Å². The van der Waals surface area contributed by atoms with E-state index in [1.807, 2.05) is 0 Å². The molecule has 0 aliphatic heterocycles. The van der Waals surface area contributed by atoms with Crippen molar-refractivity contribution in [2.75, 3.05) is 48.7 Å². The monoisotopic (exact) mass is 734 g/mol. The van der Waals surface area contributed by atoms with E-state index in [9.17, 15) is 30.7 Å². The third kappa shape index (κ3) is 22.8. The first-order chi connectivity index (χ1) is 18.3. The molecule has 0 atom stereocenters. The van der Waals surface area contributed by atoms with Gasteiger partial charge in [-0.3, -0.25) is 4.79 Å². The molecule has 0 amide bonds. The fourth-order valence-electron chi connectivity index (χ4n) is 2.24. The number of hydrogen-bond donors (Lipinski definition) is 3. The van der Waals surface area contributed by atoms with Gasteiger partial charge in [0.25, 0.3) is 6.47 Å². The molecule has 218 valence electrons. The molecule has 11 nitrogen and oxygen atoms in total. The number of carbonyl (C=O) groups excluding carboxylic acids is 1. The summed E-state index contributed by atoms with van der Waals surface area (Å²) < 4.78 is 72.0. The molecule has 18 heteroatoms. The van der Waals surface area contributed by atoms with Crippen LogP contribution in [0.3, 0.4) is 0 Å². The molecule has 2 rings (SSSR count). The first-order valence-corrected chi connectivity index (χ1v) is 14.9. The minimum Gasteiger partial charge on any atom is -1.00 e. The number of phenols is 1. The van der Waals surface area contributed by atoms with E-state index in [2.05, 4.69) is 43.3 Å². The molecule has 2 aromatic rings. The average molecular weight is 736 g/mol. The van der Waals surface area contributed by atoms with E-state index in [0.717, 1.165) is 12.5 Å². The Morgan fingerprint density at radius 3 is 1.71 bits per heavy atom. The molecule has 0 spiro atoms. The molecule has 0 aromatic heterocycles. The average Bonchev–Trinajstić information content (AvgIpc) is 2.87. The Morgan fingerprint density at radius 2 is 1.37 bits per heavy atom. The number of sulfone groups is 2. The Labute approximate surface area is 333 Å². The molecule has 0 saturated carbocycles. The van der Waals surface area contributed by atoms with Crippen LogP contribution in [0.4, 0.5) is 20.2 Å². The van der Waals surface area contributed by atoms with E-state index in [4.69, 9.17) is 27.6 Å². The Balaban J connectivity index is -0.000000168. The molecular weight excluding hydrogens is 708 g/mol. The van der Waals surface area contributed by atoms with E-state index in [-0.39, 0.29) is 145 Å². The summed E-state index contributed by atoms with van der Waals surface area (Å²) >= 11 is 2.48. The zero-order valence-corrected chi connectivity index (χ0v) is 32.2. The molecule has 3 N–H and O–H groups in total. The van der Waals surface area contributed by atoms with E-state index in [0.29, 0.717) is 11.4 Å². The first-order valence-electron chi connectivity index (χ1n) is 10.0. The van der Waals surface area contributed by atoms with Gasteiger partial charge in [-0.25, -0.2) is 25.6 Å². The van der Waals surface area contributed by atoms with Gasteiger partial charge >= 0.3 is 103 Å². The van der Waals surface area contributed by atoms with Gasteiger partial charge in [-0.05, 0) is 24.3 Å². The van der Waals surface area contributed by atoms with Crippen LogP contribution in [0.2, 0.25) is 0 Å². The van der Waals surface area contributed by atoms with Crippen LogP contribution in [0.15, 0.2) is 46.2 Å². The SMILES string of the molecule is C#CCNc1ccc(S(C)(=O)=O)cc1O.C#CCNc1ccc(S(C)(=O)=O)cc1OCF.FCBr.O=CO[O-].[H-].[K+].[K+]. The predicted octanol–water partition coefficient (Wildman–Crippen LogP) is -3.85. The summed E-state index contributed by atoms with van der Waals surface area (Å²) in [5.74, 6) is 4.68. The van der Waals surface area contributed by atoms with Gasteiger partial charge in [0.2, 0.25) is 6.86 Å². The van der Waals surface area contributed by atoms with Crippen molar-refractivity contribution in [2.24, 2.45) is 0 Å². The van der Waals surface area contributed by atoms with Crippen LogP contribution in [0, 0.1) is 24.7 Å². The van der Waals surface area contributed by atoms with Gasteiger partial charge in [-0.1, -0.05) is 27.8 Å². The van der Waals surface area contributed by atoms with Crippen molar-refractivity contribution >= 4 is 53.5 Å². The number of phenolic OH excluding ortho intramolecular Hbond substituents is 1. The number of halogens is 3. The van der Waals surface area contributed by atoms with Gasteiger partial charge in [0, 0.05) is 24.6 Å². The summed E-state index contributed by atoms with van der Waals surface area (Å²) in [5.41, 5.74) is 0.431. The van der Waals surface area contributed by atoms with Crippen LogP contribution in [0.1, 0.15) is 1.43 Å². The fourth-order valence-corrected chi connectivity index (χ4v) is 3.52. The number of alkyl halides is 3. The number of rotatable bonds is 9. The topological polar surface area (TPSA) is 171 Å². The zero-order chi connectivity index (χ0) is 30.5. The second-order valence-electron chi connectivity index (χ2n) is 6.54. The number of nitrogens with one attached hydrogen (secondary N) is 2. The quantitative estimate of drug-likeness (QED) is 0.0439. The summed E-state index contributed by atoms with van der Waals surface area (Å²) in [6.07, 6.45) is 12.3. The smallest absolute Gasteiger partial charge is 1.00 e. The Bertz CT molecular complexity index is 1350. The molecular formula is C23H27BrF2K2N2O9S2.